The molecule has 0 spiro atoms. The van der Waals surface area contributed by atoms with Crippen molar-refractivity contribution in [3.05, 3.63) is 35.9 Å². The Bertz CT molecular complexity index is 308. The molecule has 1 aromatic carbocycles. The molecule has 0 aliphatic rings. The normalized spacial score (nSPS) is 16.5. The molecule has 0 bridgehead atoms. The van der Waals surface area contributed by atoms with Crippen molar-refractivity contribution >= 4 is 11.8 Å². The second-order valence-corrected chi connectivity index (χ2v) is 5.18. The SMILES string of the molecule is CSCCC(O)C(O)[C@@H](N)Cc1ccccc1. The average molecular weight is 255 g/mol. The third-order valence-electron chi connectivity index (χ3n) is 2.76. The summed E-state index contributed by atoms with van der Waals surface area (Å²) in [6.07, 6.45) is 1.54. The van der Waals surface area contributed by atoms with Crippen LogP contribution in [-0.4, -0.2) is 40.5 Å². The molecule has 0 heterocycles. The second kappa shape index (κ2) is 7.71. The molecule has 3 nitrogen and oxygen atoms in total. The topological polar surface area (TPSA) is 66.5 Å². The fourth-order valence-electron chi connectivity index (χ4n) is 1.70. The third kappa shape index (κ3) is 5.08. The summed E-state index contributed by atoms with van der Waals surface area (Å²) < 4.78 is 0. The fraction of sp³-hybridized carbons (Fsp3) is 0.538. The highest BCUT2D eigenvalue weighted by Gasteiger charge is 2.22. The van der Waals surface area contributed by atoms with Gasteiger partial charge in [-0.2, -0.15) is 11.8 Å². The molecular formula is C13H21NO2S. The maximum Gasteiger partial charge on any atom is 0.0952 e. The molecule has 0 aliphatic carbocycles. The maximum absolute atomic E-state index is 9.89. The Kier molecular flexibility index (Phi) is 6.58. The van der Waals surface area contributed by atoms with Crippen LogP contribution in [0.25, 0.3) is 0 Å². The Hall–Kier alpha value is -0.550. The molecule has 0 saturated carbocycles. The molecule has 4 N–H and O–H groups in total. The van der Waals surface area contributed by atoms with Crippen molar-refractivity contribution in [2.24, 2.45) is 5.73 Å². The van der Waals surface area contributed by atoms with E-state index in [4.69, 9.17) is 5.73 Å². The highest BCUT2D eigenvalue weighted by molar-refractivity contribution is 7.98. The molecule has 17 heavy (non-hydrogen) atoms. The van der Waals surface area contributed by atoms with Crippen LogP contribution in [0.5, 0.6) is 0 Å². The predicted octanol–water partition coefficient (Wildman–Crippen LogP) is 1.03. The molecule has 0 fully saturated rings. The van der Waals surface area contributed by atoms with Gasteiger partial charge in [-0.25, -0.2) is 0 Å². The van der Waals surface area contributed by atoms with Crippen LogP contribution < -0.4 is 5.73 Å². The number of aliphatic hydroxyl groups is 2. The van der Waals surface area contributed by atoms with Crippen LogP contribution in [0, 0.1) is 0 Å². The zero-order chi connectivity index (χ0) is 12.7. The van der Waals surface area contributed by atoms with E-state index < -0.39 is 18.2 Å². The van der Waals surface area contributed by atoms with Crippen LogP contribution in [0.3, 0.4) is 0 Å². The summed E-state index contributed by atoms with van der Waals surface area (Å²) in [6.45, 7) is 0. The standard InChI is InChI=1S/C13H21NO2S/c1-17-8-7-12(15)13(16)11(14)9-10-5-3-2-4-6-10/h2-6,11-13,15-16H,7-9,14H2,1H3/t11-,12?,13?/m0/s1. The van der Waals surface area contributed by atoms with Gasteiger partial charge in [0, 0.05) is 6.04 Å². The van der Waals surface area contributed by atoms with Crippen molar-refractivity contribution in [2.45, 2.75) is 31.1 Å². The molecule has 0 radical (unpaired) electrons. The number of benzene rings is 1. The summed E-state index contributed by atoms with van der Waals surface area (Å²) in [5, 5.41) is 19.6. The third-order valence-corrected chi connectivity index (χ3v) is 3.41. The Morgan fingerprint density at radius 1 is 1.24 bits per heavy atom. The minimum Gasteiger partial charge on any atom is -0.390 e. The van der Waals surface area contributed by atoms with E-state index in [1.165, 1.54) is 0 Å². The highest BCUT2D eigenvalue weighted by Crippen LogP contribution is 2.10. The van der Waals surface area contributed by atoms with Crippen LogP contribution in [0.4, 0.5) is 0 Å². The van der Waals surface area contributed by atoms with Gasteiger partial charge in [0.05, 0.1) is 12.2 Å². The van der Waals surface area contributed by atoms with Crippen LogP contribution in [0.15, 0.2) is 30.3 Å². The van der Waals surface area contributed by atoms with Gasteiger partial charge in [-0.15, -0.1) is 0 Å². The Morgan fingerprint density at radius 3 is 2.47 bits per heavy atom. The Labute approximate surface area is 107 Å². The zero-order valence-electron chi connectivity index (χ0n) is 10.1. The van der Waals surface area contributed by atoms with Crippen molar-refractivity contribution in [3.63, 3.8) is 0 Å². The average Bonchev–Trinajstić information content (AvgIpc) is 2.36. The van der Waals surface area contributed by atoms with Gasteiger partial charge in [0.2, 0.25) is 0 Å². The molecule has 1 aromatic rings. The summed E-state index contributed by atoms with van der Waals surface area (Å²) in [6, 6.07) is 9.35. The van der Waals surface area contributed by atoms with Crippen LogP contribution in [-0.2, 0) is 6.42 Å². The van der Waals surface area contributed by atoms with E-state index in [-0.39, 0.29) is 0 Å². The monoisotopic (exact) mass is 255 g/mol. The first kappa shape index (κ1) is 14.5. The summed E-state index contributed by atoms with van der Waals surface area (Å²) in [5.41, 5.74) is 6.98. The van der Waals surface area contributed by atoms with Gasteiger partial charge in [-0.3, -0.25) is 0 Å². The van der Waals surface area contributed by atoms with Crippen LogP contribution in [0.2, 0.25) is 0 Å². The van der Waals surface area contributed by atoms with Crippen molar-refractivity contribution in [2.75, 3.05) is 12.0 Å². The van der Waals surface area contributed by atoms with Crippen molar-refractivity contribution < 1.29 is 10.2 Å². The highest BCUT2D eigenvalue weighted by atomic mass is 32.2. The van der Waals surface area contributed by atoms with Gasteiger partial charge in [0.1, 0.15) is 0 Å². The first-order valence-corrected chi connectivity index (χ1v) is 7.19. The molecule has 0 saturated heterocycles. The van der Waals surface area contributed by atoms with Gasteiger partial charge in [0.25, 0.3) is 0 Å². The molecule has 3 atom stereocenters. The number of hydrogen-bond donors (Lipinski definition) is 3. The van der Waals surface area contributed by atoms with E-state index in [0.717, 1.165) is 11.3 Å². The Morgan fingerprint density at radius 2 is 1.88 bits per heavy atom. The number of thioether (sulfide) groups is 1. The minimum absolute atomic E-state index is 0.422. The Balaban J connectivity index is 2.43. The lowest BCUT2D eigenvalue weighted by Crippen LogP contribution is -2.44. The summed E-state index contributed by atoms with van der Waals surface area (Å²) in [7, 11) is 0. The summed E-state index contributed by atoms with van der Waals surface area (Å²) >= 11 is 1.65. The number of nitrogens with two attached hydrogens (primary N) is 1. The smallest absolute Gasteiger partial charge is 0.0952 e. The zero-order valence-corrected chi connectivity index (χ0v) is 10.9. The van der Waals surface area contributed by atoms with E-state index in [1.807, 2.05) is 36.6 Å². The minimum atomic E-state index is -0.859. The summed E-state index contributed by atoms with van der Waals surface area (Å²) in [5.74, 6) is 0.830. The van der Waals surface area contributed by atoms with Gasteiger partial charge >= 0.3 is 0 Å². The van der Waals surface area contributed by atoms with Crippen LogP contribution >= 0.6 is 11.8 Å². The molecule has 0 aromatic heterocycles. The maximum atomic E-state index is 9.89. The lowest BCUT2D eigenvalue weighted by molar-refractivity contribution is 0.00316. The largest absolute Gasteiger partial charge is 0.390 e. The number of rotatable bonds is 7. The van der Waals surface area contributed by atoms with E-state index in [9.17, 15) is 10.2 Å². The molecule has 0 aliphatic heterocycles. The molecule has 1 rings (SSSR count). The molecular weight excluding hydrogens is 234 g/mol. The van der Waals surface area contributed by atoms with E-state index >= 15 is 0 Å². The van der Waals surface area contributed by atoms with Crippen molar-refractivity contribution in [1.82, 2.24) is 0 Å². The lowest BCUT2D eigenvalue weighted by Gasteiger charge is -2.23. The molecule has 4 heteroatoms. The van der Waals surface area contributed by atoms with Crippen molar-refractivity contribution in [3.8, 4) is 0 Å². The number of aliphatic hydroxyl groups excluding tert-OH is 2. The van der Waals surface area contributed by atoms with E-state index in [2.05, 4.69) is 0 Å². The fourth-order valence-corrected chi connectivity index (χ4v) is 2.18. The van der Waals surface area contributed by atoms with Gasteiger partial charge in [-0.05, 0) is 30.4 Å². The molecule has 2 unspecified atom stereocenters. The first-order valence-electron chi connectivity index (χ1n) is 5.79. The van der Waals surface area contributed by atoms with Gasteiger partial charge < -0.3 is 15.9 Å². The van der Waals surface area contributed by atoms with E-state index in [1.54, 1.807) is 11.8 Å². The van der Waals surface area contributed by atoms with Crippen molar-refractivity contribution in [1.29, 1.82) is 0 Å². The van der Waals surface area contributed by atoms with Crippen LogP contribution in [0.1, 0.15) is 12.0 Å². The van der Waals surface area contributed by atoms with Gasteiger partial charge in [0.15, 0.2) is 0 Å². The molecule has 96 valence electrons. The second-order valence-electron chi connectivity index (χ2n) is 4.19. The molecule has 0 amide bonds. The lowest BCUT2D eigenvalue weighted by atomic mass is 9.97. The predicted molar refractivity (Wildman–Crippen MR) is 73.1 cm³/mol. The van der Waals surface area contributed by atoms with E-state index in [0.29, 0.717) is 12.8 Å². The summed E-state index contributed by atoms with van der Waals surface area (Å²) in [4.78, 5) is 0. The quantitative estimate of drug-likeness (QED) is 0.681. The van der Waals surface area contributed by atoms with Gasteiger partial charge in [-0.1, -0.05) is 30.3 Å². The number of hydrogen-bond acceptors (Lipinski definition) is 4. The first-order chi connectivity index (χ1) is 8.15.